The maximum absolute atomic E-state index is 13.2. The number of carbonyl (C=O) groups is 1. The molecule has 4 rings (SSSR count). The summed E-state index contributed by atoms with van der Waals surface area (Å²) in [6, 6.07) is 5.43. The lowest BCUT2D eigenvalue weighted by atomic mass is 10.1. The Bertz CT molecular complexity index is 1120. The summed E-state index contributed by atoms with van der Waals surface area (Å²) in [5.74, 6) is 0.677. The highest BCUT2D eigenvalue weighted by Crippen LogP contribution is 2.32. The third kappa shape index (κ3) is 3.60. The number of carbonyl (C=O) groups excluding carboxylic acids is 1. The molecule has 30 heavy (non-hydrogen) atoms. The van der Waals surface area contributed by atoms with E-state index in [0.717, 1.165) is 31.2 Å². The van der Waals surface area contributed by atoms with Crippen molar-refractivity contribution in [1.29, 1.82) is 0 Å². The molecule has 8 heteroatoms. The van der Waals surface area contributed by atoms with Gasteiger partial charge in [-0.05, 0) is 44.4 Å². The van der Waals surface area contributed by atoms with Crippen LogP contribution in [0.15, 0.2) is 41.6 Å². The highest BCUT2D eigenvalue weighted by molar-refractivity contribution is 6.05. The van der Waals surface area contributed by atoms with Crippen LogP contribution in [-0.2, 0) is 0 Å². The van der Waals surface area contributed by atoms with E-state index in [1.54, 1.807) is 37.5 Å². The highest BCUT2D eigenvalue weighted by atomic mass is 16.5. The average Bonchev–Trinajstić information content (AvgIpc) is 3.39. The van der Waals surface area contributed by atoms with Crippen molar-refractivity contribution in [3.8, 4) is 11.6 Å². The molecule has 0 radical (unpaired) electrons. The molecule has 1 aliphatic carbocycles. The zero-order valence-corrected chi connectivity index (χ0v) is 17.4. The summed E-state index contributed by atoms with van der Waals surface area (Å²) in [5, 5.41) is 7.41. The molecule has 0 aromatic carbocycles. The van der Waals surface area contributed by atoms with Gasteiger partial charge in [0.25, 0.3) is 11.5 Å². The van der Waals surface area contributed by atoms with Gasteiger partial charge >= 0.3 is 0 Å². The van der Waals surface area contributed by atoms with Gasteiger partial charge in [-0.25, -0.2) is 9.67 Å². The minimum absolute atomic E-state index is 0.104. The molecule has 3 aromatic rings. The van der Waals surface area contributed by atoms with Gasteiger partial charge in [0, 0.05) is 17.8 Å². The van der Waals surface area contributed by atoms with Crippen molar-refractivity contribution >= 4 is 11.7 Å². The van der Waals surface area contributed by atoms with Crippen molar-refractivity contribution in [2.45, 2.75) is 45.6 Å². The number of pyridine rings is 2. The molecule has 0 bridgehead atoms. The first-order chi connectivity index (χ1) is 14.5. The van der Waals surface area contributed by atoms with E-state index in [1.807, 2.05) is 11.6 Å². The normalized spacial score (nSPS) is 14.1. The first-order valence-corrected chi connectivity index (χ1v) is 10.1. The van der Waals surface area contributed by atoms with Crippen LogP contribution >= 0.6 is 0 Å². The van der Waals surface area contributed by atoms with Gasteiger partial charge in [-0.3, -0.25) is 14.2 Å². The maximum atomic E-state index is 13.2. The number of ether oxygens (including phenoxy) is 1. The zero-order chi connectivity index (χ0) is 21.3. The van der Waals surface area contributed by atoms with E-state index in [1.165, 1.54) is 17.9 Å². The van der Waals surface area contributed by atoms with E-state index in [9.17, 15) is 9.59 Å². The number of nitrogens with zero attached hydrogens (tertiary/aromatic N) is 4. The largest absolute Gasteiger partial charge is 0.481 e. The first kappa shape index (κ1) is 19.9. The van der Waals surface area contributed by atoms with Crippen molar-refractivity contribution in [1.82, 2.24) is 19.3 Å². The molecule has 1 N–H and O–H groups in total. The van der Waals surface area contributed by atoms with Gasteiger partial charge in [0.05, 0.1) is 31.2 Å². The molecule has 3 aromatic heterocycles. The van der Waals surface area contributed by atoms with Crippen molar-refractivity contribution < 1.29 is 9.53 Å². The van der Waals surface area contributed by atoms with Crippen molar-refractivity contribution in [3.05, 3.63) is 63.8 Å². The van der Waals surface area contributed by atoms with Gasteiger partial charge in [-0.15, -0.1) is 0 Å². The fraction of sp³-hybridized carbons (Fsp3) is 0.364. The third-order valence-corrected chi connectivity index (χ3v) is 5.62. The summed E-state index contributed by atoms with van der Waals surface area (Å²) in [5.41, 5.74) is 1.75. The molecule has 0 aliphatic heterocycles. The number of hydrogen-bond donors (Lipinski definition) is 1. The van der Waals surface area contributed by atoms with Gasteiger partial charge in [-0.1, -0.05) is 12.8 Å². The molecule has 0 atom stereocenters. The number of anilines is 1. The Morgan fingerprint density at radius 3 is 2.57 bits per heavy atom. The Labute approximate surface area is 174 Å². The zero-order valence-electron chi connectivity index (χ0n) is 17.4. The number of aromatic nitrogens is 4. The van der Waals surface area contributed by atoms with Crippen LogP contribution in [0.1, 0.15) is 53.2 Å². The molecular formula is C22H25N5O3. The van der Waals surface area contributed by atoms with Crippen LogP contribution in [0.5, 0.6) is 5.88 Å². The van der Waals surface area contributed by atoms with E-state index in [0.29, 0.717) is 22.9 Å². The fourth-order valence-electron chi connectivity index (χ4n) is 3.94. The van der Waals surface area contributed by atoms with Gasteiger partial charge in [-0.2, -0.15) is 5.10 Å². The lowest BCUT2D eigenvalue weighted by Gasteiger charge is -2.16. The summed E-state index contributed by atoms with van der Waals surface area (Å²) < 4.78 is 8.37. The minimum atomic E-state index is -0.434. The van der Waals surface area contributed by atoms with Crippen molar-refractivity contribution in [2.24, 2.45) is 0 Å². The predicted molar refractivity (Wildman–Crippen MR) is 114 cm³/mol. The van der Waals surface area contributed by atoms with Crippen LogP contribution in [0, 0.1) is 13.8 Å². The van der Waals surface area contributed by atoms with Crippen LogP contribution in [0.4, 0.5) is 5.82 Å². The van der Waals surface area contributed by atoms with E-state index in [2.05, 4.69) is 15.4 Å². The quantitative estimate of drug-likeness (QED) is 0.700. The van der Waals surface area contributed by atoms with Gasteiger partial charge in [0.1, 0.15) is 11.4 Å². The van der Waals surface area contributed by atoms with Crippen molar-refractivity contribution in [2.75, 3.05) is 12.4 Å². The summed E-state index contributed by atoms with van der Waals surface area (Å²) in [4.78, 5) is 30.5. The second kappa shape index (κ2) is 8.14. The summed E-state index contributed by atoms with van der Waals surface area (Å²) in [6.45, 7) is 3.67. The van der Waals surface area contributed by atoms with Gasteiger partial charge < -0.3 is 10.1 Å². The van der Waals surface area contributed by atoms with E-state index >= 15 is 0 Å². The van der Waals surface area contributed by atoms with Gasteiger partial charge in [0.15, 0.2) is 0 Å². The Morgan fingerprint density at radius 2 is 1.90 bits per heavy atom. The number of amides is 1. The molecule has 8 nitrogen and oxygen atoms in total. The van der Waals surface area contributed by atoms with E-state index in [-0.39, 0.29) is 11.6 Å². The Kier molecular flexibility index (Phi) is 5.39. The maximum Gasteiger partial charge on any atom is 0.268 e. The number of hydrogen-bond acceptors (Lipinski definition) is 5. The predicted octanol–water partition coefficient (Wildman–Crippen LogP) is 3.42. The molecule has 0 unspecified atom stereocenters. The van der Waals surface area contributed by atoms with E-state index in [4.69, 9.17) is 4.74 Å². The minimum Gasteiger partial charge on any atom is -0.481 e. The monoisotopic (exact) mass is 407 g/mol. The van der Waals surface area contributed by atoms with Gasteiger partial charge in [0.2, 0.25) is 5.88 Å². The van der Waals surface area contributed by atoms with Crippen LogP contribution < -0.4 is 15.6 Å². The standard InChI is InChI=1S/C22H25N5O3/c1-14-10-11-26(17-8-9-18(30-3)23-13-17)22(29)19(14)21(28)25-20-15(2)12-24-27(20)16-6-4-5-7-16/h8-13,16H,4-7H2,1-3H3,(H,25,28). The lowest BCUT2D eigenvalue weighted by molar-refractivity contribution is 0.102. The summed E-state index contributed by atoms with van der Waals surface area (Å²) in [6.07, 6.45) is 9.36. The molecule has 1 saturated carbocycles. The van der Waals surface area contributed by atoms with Crippen LogP contribution in [-0.4, -0.2) is 32.3 Å². The Morgan fingerprint density at radius 1 is 1.13 bits per heavy atom. The number of methoxy groups -OCH3 is 1. The molecule has 1 amide bonds. The molecular weight excluding hydrogens is 382 g/mol. The van der Waals surface area contributed by atoms with E-state index < -0.39 is 11.5 Å². The molecule has 0 spiro atoms. The topological polar surface area (TPSA) is 91.0 Å². The van der Waals surface area contributed by atoms with Crippen LogP contribution in [0.2, 0.25) is 0 Å². The smallest absolute Gasteiger partial charge is 0.268 e. The van der Waals surface area contributed by atoms with Crippen molar-refractivity contribution in [3.63, 3.8) is 0 Å². The molecule has 156 valence electrons. The molecule has 3 heterocycles. The Balaban J connectivity index is 1.68. The fourth-order valence-corrected chi connectivity index (χ4v) is 3.94. The summed E-state index contributed by atoms with van der Waals surface area (Å²) >= 11 is 0. The molecule has 1 fully saturated rings. The average molecular weight is 407 g/mol. The molecule has 1 aliphatic rings. The highest BCUT2D eigenvalue weighted by Gasteiger charge is 2.24. The second-order valence-corrected chi connectivity index (χ2v) is 7.62. The number of rotatable bonds is 5. The van der Waals surface area contributed by atoms with Crippen LogP contribution in [0.3, 0.4) is 0 Å². The molecule has 0 saturated heterocycles. The lowest BCUT2D eigenvalue weighted by Crippen LogP contribution is -2.30. The SMILES string of the molecule is COc1ccc(-n2ccc(C)c(C(=O)Nc3c(C)cnn3C3CCCC3)c2=O)cn1. The number of aryl methyl sites for hydroxylation is 2. The van der Waals surface area contributed by atoms with Crippen LogP contribution in [0.25, 0.3) is 5.69 Å². The Hall–Kier alpha value is -3.42. The third-order valence-electron chi connectivity index (χ3n) is 5.62. The summed E-state index contributed by atoms with van der Waals surface area (Å²) in [7, 11) is 1.53. The number of nitrogens with one attached hydrogen (secondary N) is 1. The first-order valence-electron chi connectivity index (χ1n) is 10.1. The second-order valence-electron chi connectivity index (χ2n) is 7.62.